The van der Waals surface area contributed by atoms with Crippen molar-refractivity contribution in [2.45, 2.75) is 30.8 Å². The minimum Gasteiger partial charge on any atom is -0.480 e. The van der Waals surface area contributed by atoms with Gasteiger partial charge in [0.05, 0.1) is 12.0 Å². The molecule has 1 rings (SSSR count). The molecule has 1 heterocycles. The first kappa shape index (κ1) is 12.7. The lowest BCUT2D eigenvalue weighted by molar-refractivity contribution is -0.138. The summed E-state index contributed by atoms with van der Waals surface area (Å²) in [6.07, 6.45) is 1.96. The molecule has 88 valence electrons. The Labute approximate surface area is 96.6 Å². The quantitative estimate of drug-likeness (QED) is 0.645. The van der Waals surface area contributed by atoms with Crippen molar-refractivity contribution in [3.63, 3.8) is 0 Å². The summed E-state index contributed by atoms with van der Waals surface area (Å²) in [7, 11) is 0. The van der Waals surface area contributed by atoms with E-state index in [1.54, 1.807) is 6.92 Å². The molecule has 1 aromatic heterocycles. The van der Waals surface area contributed by atoms with Gasteiger partial charge >= 0.3 is 5.97 Å². The molecule has 0 saturated carbocycles. The minimum atomic E-state index is -1.08. The molecule has 0 spiro atoms. The lowest BCUT2D eigenvalue weighted by atomic mass is 10.2. The van der Waals surface area contributed by atoms with Gasteiger partial charge in [-0.2, -0.15) is 0 Å². The summed E-state index contributed by atoms with van der Waals surface area (Å²) in [4.78, 5) is 28.5. The first-order valence-electron chi connectivity index (χ1n) is 4.76. The highest BCUT2D eigenvalue weighted by Crippen LogP contribution is 2.21. The summed E-state index contributed by atoms with van der Waals surface area (Å²) in [6, 6.07) is -0.989. The fraction of sp³-hybridized carbons (Fsp3) is 0.444. The smallest absolute Gasteiger partial charge is 0.320 e. The Morgan fingerprint density at radius 1 is 1.69 bits per heavy atom. The number of carbonyl (C=O) groups excluding carboxylic acids is 1. The van der Waals surface area contributed by atoms with Crippen LogP contribution in [0.15, 0.2) is 11.4 Å². The van der Waals surface area contributed by atoms with E-state index in [4.69, 9.17) is 10.8 Å². The molecule has 0 radical (unpaired) electrons. The zero-order valence-corrected chi connectivity index (χ0v) is 9.58. The van der Waals surface area contributed by atoms with Crippen LogP contribution in [0.5, 0.6) is 0 Å². The molecule has 4 N–H and O–H groups in total. The number of hydrogen-bond donors (Lipinski definition) is 3. The lowest BCUT2D eigenvalue weighted by Crippen LogP contribution is -2.32. The number of carbonyl (C=O) groups is 2. The standard InChI is InChI=1S/C9H13N3O3S/c1-2-7(13)16-8-6(11-4-12-8)3-5(10)9(14)15/h4-5H,2-3,10H2,1H3,(H,11,12)(H,14,15). The topological polar surface area (TPSA) is 109 Å². The molecule has 0 amide bonds. The summed E-state index contributed by atoms with van der Waals surface area (Å²) >= 11 is 1.00. The highest BCUT2D eigenvalue weighted by atomic mass is 32.2. The third kappa shape index (κ3) is 3.35. The van der Waals surface area contributed by atoms with Crippen molar-refractivity contribution in [3.05, 3.63) is 12.0 Å². The monoisotopic (exact) mass is 243 g/mol. The zero-order chi connectivity index (χ0) is 12.1. The molecule has 0 aliphatic heterocycles. The molecule has 6 nitrogen and oxygen atoms in total. The summed E-state index contributed by atoms with van der Waals surface area (Å²) < 4.78 is 0. The van der Waals surface area contributed by atoms with Gasteiger partial charge in [-0.05, 0) is 11.8 Å². The average Bonchev–Trinajstić information content (AvgIpc) is 2.65. The summed E-state index contributed by atoms with van der Waals surface area (Å²) in [5.74, 6) is -1.08. The molecular formula is C9H13N3O3S. The van der Waals surface area contributed by atoms with Crippen LogP contribution in [-0.2, 0) is 16.0 Å². The van der Waals surface area contributed by atoms with Crippen molar-refractivity contribution in [2.75, 3.05) is 0 Å². The average molecular weight is 243 g/mol. The molecule has 0 aromatic carbocycles. The number of carboxylic acid groups (broad SMARTS) is 1. The number of nitrogens with two attached hydrogens (primary N) is 1. The molecule has 0 saturated heterocycles. The van der Waals surface area contributed by atoms with Gasteiger partial charge in [0.25, 0.3) is 0 Å². The van der Waals surface area contributed by atoms with E-state index in [0.717, 1.165) is 11.8 Å². The van der Waals surface area contributed by atoms with Gasteiger partial charge < -0.3 is 15.8 Å². The minimum absolute atomic E-state index is 0.0164. The second-order valence-electron chi connectivity index (χ2n) is 3.16. The van der Waals surface area contributed by atoms with Crippen molar-refractivity contribution < 1.29 is 14.7 Å². The van der Waals surface area contributed by atoms with E-state index < -0.39 is 12.0 Å². The SMILES string of the molecule is CCC(=O)Sc1nc[nH]c1CC(N)C(=O)O. The van der Waals surface area contributed by atoms with Crippen LogP contribution in [0.25, 0.3) is 0 Å². The summed E-state index contributed by atoms with van der Waals surface area (Å²) in [5.41, 5.74) is 5.98. The Hall–Kier alpha value is -1.34. The molecule has 16 heavy (non-hydrogen) atoms. The number of imidazole rings is 1. The Balaban J connectivity index is 2.70. The van der Waals surface area contributed by atoms with Crippen LogP contribution in [0.2, 0.25) is 0 Å². The van der Waals surface area contributed by atoms with Gasteiger partial charge in [-0.1, -0.05) is 6.92 Å². The van der Waals surface area contributed by atoms with Crippen molar-refractivity contribution in [1.82, 2.24) is 9.97 Å². The first-order chi connectivity index (χ1) is 7.54. The predicted molar refractivity (Wildman–Crippen MR) is 59.1 cm³/mol. The van der Waals surface area contributed by atoms with Crippen LogP contribution >= 0.6 is 11.8 Å². The van der Waals surface area contributed by atoms with E-state index in [-0.39, 0.29) is 11.5 Å². The second-order valence-corrected chi connectivity index (χ2v) is 4.21. The van der Waals surface area contributed by atoms with Gasteiger partial charge in [0.1, 0.15) is 11.1 Å². The van der Waals surface area contributed by atoms with E-state index in [9.17, 15) is 9.59 Å². The second kappa shape index (κ2) is 5.66. The highest BCUT2D eigenvalue weighted by molar-refractivity contribution is 8.13. The van der Waals surface area contributed by atoms with Crippen LogP contribution < -0.4 is 5.73 Å². The molecule has 1 aromatic rings. The Morgan fingerprint density at radius 2 is 2.38 bits per heavy atom. The van der Waals surface area contributed by atoms with Gasteiger partial charge in [0.2, 0.25) is 0 Å². The van der Waals surface area contributed by atoms with Crippen molar-refractivity contribution in [2.24, 2.45) is 5.73 Å². The molecule has 0 bridgehead atoms. The van der Waals surface area contributed by atoms with Crippen LogP contribution in [0.3, 0.4) is 0 Å². The van der Waals surface area contributed by atoms with Gasteiger partial charge in [0.15, 0.2) is 5.12 Å². The zero-order valence-electron chi connectivity index (χ0n) is 8.77. The number of nitrogens with zero attached hydrogens (tertiary/aromatic N) is 1. The van der Waals surface area contributed by atoms with E-state index in [1.165, 1.54) is 6.33 Å². The molecule has 0 aliphatic rings. The van der Waals surface area contributed by atoms with Crippen LogP contribution in [0, 0.1) is 0 Å². The lowest BCUT2D eigenvalue weighted by Gasteiger charge is -2.05. The maximum absolute atomic E-state index is 11.2. The molecule has 0 fully saturated rings. The number of rotatable bonds is 5. The Kier molecular flexibility index (Phi) is 4.51. The van der Waals surface area contributed by atoms with E-state index in [0.29, 0.717) is 17.1 Å². The van der Waals surface area contributed by atoms with E-state index >= 15 is 0 Å². The molecule has 1 atom stereocenters. The largest absolute Gasteiger partial charge is 0.480 e. The van der Waals surface area contributed by atoms with E-state index in [2.05, 4.69) is 9.97 Å². The third-order valence-electron chi connectivity index (χ3n) is 1.92. The van der Waals surface area contributed by atoms with Crippen LogP contribution in [0.4, 0.5) is 0 Å². The number of aromatic nitrogens is 2. The maximum Gasteiger partial charge on any atom is 0.320 e. The normalized spacial score (nSPS) is 12.4. The number of aliphatic carboxylic acids is 1. The van der Waals surface area contributed by atoms with Crippen LogP contribution in [-0.4, -0.2) is 32.2 Å². The number of nitrogens with one attached hydrogen (secondary N) is 1. The van der Waals surface area contributed by atoms with Gasteiger partial charge in [0, 0.05) is 12.8 Å². The van der Waals surface area contributed by atoms with Crippen LogP contribution in [0.1, 0.15) is 19.0 Å². The maximum atomic E-state index is 11.2. The fourth-order valence-electron chi connectivity index (χ4n) is 1.03. The number of thioether (sulfide) groups is 1. The van der Waals surface area contributed by atoms with Crippen molar-refractivity contribution in [3.8, 4) is 0 Å². The third-order valence-corrected chi connectivity index (χ3v) is 2.98. The van der Waals surface area contributed by atoms with Gasteiger partial charge in [-0.25, -0.2) is 4.98 Å². The molecular weight excluding hydrogens is 230 g/mol. The van der Waals surface area contributed by atoms with E-state index in [1.807, 2.05) is 0 Å². The number of carboxylic acids is 1. The number of aromatic amines is 1. The van der Waals surface area contributed by atoms with Gasteiger partial charge in [-0.3, -0.25) is 9.59 Å². The Bertz CT molecular complexity index is 391. The Morgan fingerprint density at radius 3 is 2.94 bits per heavy atom. The predicted octanol–water partition coefficient (Wildman–Crippen LogP) is 0.393. The molecule has 1 unspecified atom stereocenters. The first-order valence-corrected chi connectivity index (χ1v) is 5.57. The van der Waals surface area contributed by atoms with Crippen molar-refractivity contribution >= 4 is 22.8 Å². The molecule has 0 aliphatic carbocycles. The fourth-order valence-corrected chi connectivity index (χ4v) is 1.76. The molecule has 7 heteroatoms. The summed E-state index contributed by atoms with van der Waals surface area (Å²) in [6.45, 7) is 1.75. The summed E-state index contributed by atoms with van der Waals surface area (Å²) in [5, 5.41) is 9.15. The van der Waals surface area contributed by atoms with Crippen molar-refractivity contribution in [1.29, 1.82) is 0 Å². The number of H-pyrrole nitrogens is 1. The van der Waals surface area contributed by atoms with Gasteiger partial charge in [-0.15, -0.1) is 0 Å². The highest BCUT2D eigenvalue weighted by Gasteiger charge is 2.17. The number of hydrogen-bond acceptors (Lipinski definition) is 5.